The van der Waals surface area contributed by atoms with E-state index in [1.165, 1.54) is 23.9 Å². The molecule has 2 aromatic rings. The van der Waals surface area contributed by atoms with E-state index in [9.17, 15) is 10.1 Å². The van der Waals surface area contributed by atoms with Crippen molar-refractivity contribution >= 4 is 11.5 Å². The van der Waals surface area contributed by atoms with Crippen LogP contribution in [-0.4, -0.2) is 27.5 Å². The average Bonchev–Trinajstić information content (AvgIpc) is 2.68. The van der Waals surface area contributed by atoms with Crippen LogP contribution in [0.5, 0.6) is 5.88 Å². The Bertz CT molecular complexity index is 805. The highest BCUT2D eigenvalue weighted by Crippen LogP contribution is 2.37. The maximum Gasteiger partial charge on any atom is 0.372 e. The number of anilines is 1. The number of nitrogens with zero attached hydrogens (tertiary/aromatic N) is 4. The van der Waals surface area contributed by atoms with Crippen LogP contribution >= 0.6 is 0 Å². The Balaban J connectivity index is 1.64. The second kappa shape index (κ2) is 7.27. The van der Waals surface area contributed by atoms with Gasteiger partial charge in [-0.05, 0) is 43.2 Å². The van der Waals surface area contributed by atoms with Crippen molar-refractivity contribution in [2.45, 2.75) is 51.2 Å². The van der Waals surface area contributed by atoms with E-state index < -0.39 is 4.92 Å². The molecule has 1 aromatic heterocycles. The minimum Gasteiger partial charge on any atom is -0.469 e. The maximum absolute atomic E-state index is 11.8. The van der Waals surface area contributed by atoms with Gasteiger partial charge in [0.25, 0.3) is 5.88 Å². The Hall–Kier alpha value is -2.70. The monoisotopic (exact) mass is 354 g/mol. The number of hydrogen-bond donors (Lipinski definition) is 0. The Morgan fingerprint density at radius 2 is 1.88 bits per heavy atom. The molecule has 0 spiro atoms. The lowest BCUT2D eigenvalue weighted by Gasteiger charge is -2.29. The average molecular weight is 354 g/mol. The minimum atomic E-state index is -0.409. The summed E-state index contributed by atoms with van der Waals surface area (Å²) in [5.74, 6) is 0.455. The van der Waals surface area contributed by atoms with Crippen LogP contribution in [-0.2, 0) is 13.0 Å². The molecule has 7 heteroatoms. The first kappa shape index (κ1) is 16.8. The van der Waals surface area contributed by atoms with Gasteiger partial charge in [-0.1, -0.05) is 30.7 Å². The van der Waals surface area contributed by atoms with Crippen molar-refractivity contribution in [1.29, 1.82) is 0 Å². The van der Waals surface area contributed by atoms with E-state index in [-0.39, 0.29) is 17.7 Å². The molecule has 0 amide bonds. The standard InChI is InChI=1S/C19H22N4O3/c24-23(25)17-18(22-11-10-14-6-4-5-7-15(14)12-22)20-13-21-19(17)26-16-8-2-1-3-9-16/h4-7,13,16H,1-3,8-12H2. The Morgan fingerprint density at radius 1 is 1.12 bits per heavy atom. The molecule has 1 saturated carbocycles. The van der Waals surface area contributed by atoms with Crippen LogP contribution in [0.25, 0.3) is 0 Å². The highest BCUT2D eigenvalue weighted by atomic mass is 16.6. The third-order valence-electron chi connectivity index (χ3n) is 5.21. The van der Waals surface area contributed by atoms with Crippen molar-refractivity contribution in [2.75, 3.05) is 11.4 Å². The number of ether oxygens (including phenoxy) is 1. The summed E-state index contributed by atoms with van der Waals surface area (Å²) in [6.07, 6.45) is 7.47. The van der Waals surface area contributed by atoms with Gasteiger partial charge in [0.2, 0.25) is 5.82 Å². The summed E-state index contributed by atoms with van der Waals surface area (Å²) < 4.78 is 5.93. The molecule has 0 unspecified atom stereocenters. The lowest BCUT2D eigenvalue weighted by molar-refractivity contribution is -0.385. The van der Waals surface area contributed by atoms with Gasteiger partial charge in [-0.2, -0.15) is 4.98 Å². The van der Waals surface area contributed by atoms with E-state index >= 15 is 0 Å². The van der Waals surface area contributed by atoms with Crippen LogP contribution in [0.4, 0.5) is 11.5 Å². The molecule has 7 nitrogen and oxygen atoms in total. The zero-order chi connectivity index (χ0) is 17.9. The van der Waals surface area contributed by atoms with E-state index in [0.717, 1.165) is 32.1 Å². The van der Waals surface area contributed by atoms with E-state index in [2.05, 4.69) is 22.1 Å². The maximum atomic E-state index is 11.8. The second-order valence-electron chi connectivity index (χ2n) is 6.93. The summed E-state index contributed by atoms with van der Waals surface area (Å²) in [5, 5.41) is 11.8. The van der Waals surface area contributed by atoms with E-state index in [1.54, 1.807) is 0 Å². The lowest BCUT2D eigenvalue weighted by atomic mass is 9.98. The Kier molecular flexibility index (Phi) is 4.69. The van der Waals surface area contributed by atoms with Crippen LogP contribution < -0.4 is 9.64 Å². The second-order valence-corrected chi connectivity index (χ2v) is 6.93. The van der Waals surface area contributed by atoms with Gasteiger partial charge in [0.05, 0.1) is 4.92 Å². The van der Waals surface area contributed by atoms with Crippen LogP contribution in [0.3, 0.4) is 0 Å². The van der Waals surface area contributed by atoms with Gasteiger partial charge < -0.3 is 9.64 Å². The molecule has 2 aliphatic rings. The molecule has 0 saturated heterocycles. The molecule has 2 heterocycles. The van der Waals surface area contributed by atoms with Gasteiger partial charge in [-0.15, -0.1) is 0 Å². The van der Waals surface area contributed by atoms with Crippen molar-refractivity contribution in [3.05, 3.63) is 51.8 Å². The van der Waals surface area contributed by atoms with E-state index in [0.29, 0.717) is 18.9 Å². The molecule has 0 bridgehead atoms. The van der Waals surface area contributed by atoms with Gasteiger partial charge in [0.1, 0.15) is 12.4 Å². The van der Waals surface area contributed by atoms with Crippen molar-refractivity contribution in [3.63, 3.8) is 0 Å². The molecule has 1 aromatic carbocycles. The third-order valence-corrected chi connectivity index (χ3v) is 5.21. The molecule has 4 rings (SSSR count). The number of aromatic nitrogens is 2. The van der Waals surface area contributed by atoms with Crippen LogP contribution in [0.15, 0.2) is 30.6 Å². The fraction of sp³-hybridized carbons (Fsp3) is 0.474. The highest BCUT2D eigenvalue weighted by Gasteiger charge is 2.31. The first-order valence-corrected chi connectivity index (χ1v) is 9.20. The molecular formula is C19H22N4O3. The van der Waals surface area contributed by atoms with Gasteiger partial charge >= 0.3 is 5.69 Å². The summed E-state index contributed by atoms with van der Waals surface area (Å²) in [4.78, 5) is 21.7. The Morgan fingerprint density at radius 3 is 2.65 bits per heavy atom. The molecule has 0 atom stereocenters. The van der Waals surface area contributed by atoms with Crippen LogP contribution in [0.2, 0.25) is 0 Å². The summed E-state index contributed by atoms with van der Waals surface area (Å²) >= 11 is 0. The minimum absolute atomic E-state index is 0.00674. The molecule has 1 aliphatic carbocycles. The summed E-state index contributed by atoms with van der Waals surface area (Å²) in [7, 11) is 0. The van der Waals surface area contributed by atoms with Crippen molar-refractivity contribution in [3.8, 4) is 5.88 Å². The molecule has 0 N–H and O–H groups in total. The van der Waals surface area contributed by atoms with Crippen molar-refractivity contribution in [1.82, 2.24) is 9.97 Å². The highest BCUT2D eigenvalue weighted by molar-refractivity contribution is 5.63. The topological polar surface area (TPSA) is 81.4 Å². The number of nitro groups is 1. The molecule has 136 valence electrons. The number of hydrogen-bond acceptors (Lipinski definition) is 6. The van der Waals surface area contributed by atoms with Gasteiger partial charge in [0.15, 0.2) is 0 Å². The summed E-state index contributed by atoms with van der Waals surface area (Å²) in [5.41, 5.74) is 2.36. The normalized spacial score (nSPS) is 17.6. The fourth-order valence-electron chi connectivity index (χ4n) is 3.85. The zero-order valence-electron chi connectivity index (χ0n) is 14.6. The predicted octanol–water partition coefficient (Wildman–Crippen LogP) is 3.66. The molecule has 0 radical (unpaired) electrons. The smallest absolute Gasteiger partial charge is 0.372 e. The number of benzene rings is 1. The number of rotatable bonds is 4. The summed E-state index contributed by atoms with van der Waals surface area (Å²) in [6.45, 7) is 1.30. The van der Waals surface area contributed by atoms with E-state index in [4.69, 9.17) is 4.74 Å². The molecule has 1 fully saturated rings. The van der Waals surface area contributed by atoms with Gasteiger partial charge in [-0.3, -0.25) is 10.1 Å². The van der Waals surface area contributed by atoms with Crippen molar-refractivity contribution in [2.24, 2.45) is 0 Å². The quantitative estimate of drug-likeness (QED) is 0.616. The SMILES string of the molecule is O=[N+]([O-])c1c(OC2CCCCC2)ncnc1N1CCc2ccccc2C1. The molecular weight excluding hydrogens is 332 g/mol. The number of fused-ring (bicyclic) bond motifs is 1. The van der Waals surface area contributed by atoms with Crippen LogP contribution in [0.1, 0.15) is 43.2 Å². The predicted molar refractivity (Wildman–Crippen MR) is 97.4 cm³/mol. The molecule has 1 aliphatic heterocycles. The van der Waals surface area contributed by atoms with Gasteiger partial charge in [-0.25, -0.2) is 4.98 Å². The summed E-state index contributed by atoms with van der Waals surface area (Å²) in [6, 6.07) is 8.19. The van der Waals surface area contributed by atoms with Crippen LogP contribution in [0, 0.1) is 10.1 Å². The zero-order valence-corrected chi connectivity index (χ0v) is 14.6. The first-order chi connectivity index (χ1) is 12.7. The van der Waals surface area contributed by atoms with E-state index in [1.807, 2.05) is 17.0 Å². The molecule has 26 heavy (non-hydrogen) atoms. The third kappa shape index (κ3) is 3.34. The van der Waals surface area contributed by atoms with Crippen molar-refractivity contribution < 1.29 is 9.66 Å². The van der Waals surface area contributed by atoms with Gasteiger partial charge in [0, 0.05) is 13.1 Å². The Labute approximate surface area is 152 Å². The lowest BCUT2D eigenvalue weighted by Crippen LogP contribution is -2.32. The largest absolute Gasteiger partial charge is 0.469 e. The first-order valence-electron chi connectivity index (χ1n) is 9.20. The fourth-order valence-corrected chi connectivity index (χ4v) is 3.85.